The maximum Gasteiger partial charge on any atom is 0.261 e. The van der Waals surface area contributed by atoms with Crippen LogP contribution in [-0.2, 0) is 19.9 Å². The molecule has 1 N–H and O–H groups in total. The molecule has 9 heteroatoms. The van der Waals surface area contributed by atoms with Crippen molar-refractivity contribution in [3.63, 3.8) is 0 Å². The molecule has 1 aliphatic heterocycles. The van der Waals surface area contributed by atoms with Crippen LogP contribution in [0.1, 0.15) is 25.7 Å². The maximum atomic E-state index is 12.6. The minimum absolute atomic E-state index is 0.0279. The van der Waals surface area contributed by atoms with Crippen molar-refractivity contribution in [1.29, 1.82) is 0 Å². The van der Waals surface area contributed by atoms with Crippen molar-refractivity contribution in [3.8, 4) is 11.5 Å². The van der Waals surface area contributed by atoms with Crippen LogP contribution in [0.15, 0.2) is 52.3 Å². The molecule has 2 aromatic rings. The van der Waals surface area contributed by atoms with E-state index in [-0.39, 0.29) is 9.79 Å². The summed E-state index contributed by atoms with van der Waals surface area (Å²) in [5.41, 5.74) is 0.347. The highest BCUT2D eigenvalue weighted by Gasteiger charge is 2.44. The third-order valence-corrected chi connectivity index (χ3v) is 7.24. The largest absolute Gasteiger partial charge is 0.448 e. The van der Waals surface area contributed by atoms with Crippen molar-refractivity contribution in [3.05, 3.63) is 42.5 Å². The molecule has 1 saturated carbocycles. The fraction of sp³-hybridized carbons (Fsp3) is 0.333. The first-order valence-corrected chi connectivity index (χ1v) is 11.9. The third-order valence-electron chi connectivity index (χ3n) is 4.72. The number of rotatable bonds is 4. The van der Waals surface area contributed by atoms with Gasteiger partial charge in [0.25, 0.3) is 15.8 Å². The molecule has 0 bridgehead atoms. The molecular formula is C18H19NO6S2. The van der Waals surface area contributed by atoms with E-state index >= 15 is 0 Å². The number of ether oxygens (including phenoxy) is 2. The zero-order valence-corrected chi connectivity index (χ0v) is 16.3. The van der Waals surface area contributed by atoms with E-state index in [2.05, 4.69) is 4.72 Å². The number of hydrogen-bond donors (Lipinski definition) is 1. The SMILES string of the molecule is CS(=O)(=O)c1ccc(S(=O)(=O)Nc2ccc3c(c2)OC2(CCCC2)O3)cc1. The van der Waals surface area contributed by atoms with E-state index in [1.54, 1.807) is 18.2 Å². The van der Waals surface area contributed by atoms with Gasteiger partial charge in [-0.15, -0.1) is 0 Å². The molecule has 0 unspecified atom stereocenters. The Morgan fingerprint density at radius 1 is 0.852 bits per heavy atom. The standard InChI is InChI=1S/C18H19NO6S2/c1-26(20,21)14-5-7-15(8-6-14)27(22,23)19-13-4-9-16-17(12-13)25-18(24-16)10-2-3-11-18/h4-9,12,19H,2-3,10-11H2,1H3. The smallest absolute Gasteiger partial charge is 0.261 e. The second kappa shape index (κ2) is 6.13. The Labute approximate surface area is 158 Å². The molecule has 7 nitrogen and oxygen atoms in total. The number of sulfonamides is 1. The first kappa shape index (κ1) is 18.1. The summed E-state index contributed by atoms with van der Waals surface area (Å²) in [5, 5.41) is 0. The first-order valence-electron chi connectivity index (χ1n) is 8.52. The van der Waals surface area contributed by atoms with Crippen LogP contribution in [0.5, 0.6) is 11.5 Å². The molecule has 0 aromatic heterocycles. The van der Waals surface area contributed by atoms with Gasteiger partial charge in [0.1, 0.15) is 0 Å². The van der Waals surface area contributed by atoms with Crippen LogP contribution in [0.3, 0.4) is 0 Å². The number of hydrogen-bond acceptors (Lipinski definition) is 6. The lowest BCUT2D eigenvalue weighted by molar-refractivity contribution is -0.0716. The van der Waals surface area contributed by atoms with Crippen LogP contribution >= 0.6 is 0 Å². The molecule has 0 radical (unpaired) electrons. The molecule has 0 amide bonds. The highest BCUT2D eigenvalue weighted by molar-refractivity contribution is 7.92. The third kappa shape index (κ3) is 3.49. The van der Waals surface area contributed by atoms with Gasteiger partial charge in [-0.25, -0.2) is 16.8 Å². The highest BCUT2D eigenvalue weighted by Crippen LogP contribution is 2.47. The molecule has 1 spiro atoms. The van der Waals surface area contributed by atoms with E-state index in [1.807, 2.05) is 0 Å². The van der Waals surface area contributed by atoms with Gasteiger partial charge in [-0.05, 0) is 49.2 Å². The van der Waals surface area contributed by atoms with Crippen LogP contribution < -0.4 is 14.2 Å². The second-order valence-electron chi connectivity index (χ2n) is 6.83. The van der Waals surface area contributed by atoms with Gasteiger partial charge in [-0.1, -0.05) is 0 Å². The first-order chi connectivity index (χ1) is 12.7. The van der Waals surface area contributed by atoms with E-state index in [0.29, 0.717) is 17.2 Å². The molecule has 1 heterocycles. The molecule has 2 aliphatic rings. The lowest BCUT2D eigenvalue weighted by atomic mass is 10.2. The Kier molecular flexibility index (Phi) is 4.12. The summed E-state index contributed by atoms with van der Waals surface area (Å²) in [6.45, 7) is 0. The molecule has 2 aromatic carbocycles. The average Bonchev–Trinajstić information content (AvgIpc) is 3.19. The van der Waals surface area contributed by atoms with E-state index < -0.39 is 25.6 Å². The van der Waals surface area contributed by atoms with Gasteiger partial charge in [0.2, 0.25) is 0 Å². The fourth-order valence-corrected chi connectivity index (χ4v) is 5.04. The summed E-state index contributed by atoms with van der Waals surface area (Å²) in [7, 11) is -7.25. The lowest BCUT2D eigenvalue weighted by Crippen LogP contribution is -2.34. The normalized spacial score (nSPS) is 18.0. The van der Waals surface area contributed by atoms with Crippen LogP contribution in [0.2, 0.25) is 0 Å². The predicted octanol–water partition coefficient (Wildman–Crippen LogP) is 2.93. The molecular weight excluding hydrogens is 390 g/mol. The highest BCUT2D eigenvalue weighted by atomic mass is 32.2. The van der Waals surface area contributed by atoms with Gasteiger partial charge in [-0.2, -0.15) is 0 Å². The van der Waals surface area contributed by atoms with Crippen molar-refractivity contribution >= 4 is 25.5 Å². The number of benzene rings is 2. The van der Waals surface area contributed by atoms with Crippen molar-refractivity contribution in [2.45, 2.75) is 41.3 Å². The zero-order chi connectivity index (χ0) is 19.3. The Morgan fingerprint density at radius 2 is 1.44 bits per heavy atom. The number of nitrogens with one attached hydrogen (secondary N) is 1. The van der Waals surface area contributed by atoms with Gasteiger partial charge in [-0.3, -0.25) is 4.72 Å². The predicted molar refractivity (Wildman–Crippen MR) is 99.3 cm³/mol. The van der Waals surface area contributed by atoms with Gasteiger partial charge in [0.05, 0.1) is 15.5 Å². The lowest BCUT2D eigenvalue weighted by Gasteiger charge is -2.21. The van der Waals surface area contributed by atoms with Gasteiger partial charge < -0.3 is 9.47 Å². The summed E-state index contributed by atoms with van der Waals surface area (Å²) in [6, 6.07) is 9.97. The summed E-state index contributed by atoms with van der Waals surface area (Å²) in [6.07, 6.45) is 4.78. The van der Waals surface area contributed by atoms with E-state index in [1.165, 1.54) is 24.3 Å². The molecule has 0 saturated heterocycles. The van der Waals surface area contributed by atoms with Gasteiger partial charge >= 0.3 is 0 Å². The number of anilines is 1. The molecule has 1 fully saturated rings. The van der Waals surface area contributed by atoms with Crippen LogP contribution in [0.4, 0.5) is 5.69 Å². The molecule has 27 heavy (non-hydrogen) atoms. The minimum Gasteiger partial charge on any atom is -0.448 e. The Balaban J connectivity index is 1.56. The Hall–Kier alpha value is -2.26. The summed E-state index contributed by atoms with van der Waals surface area (Å²) in [5.74, 6) is 0.517. The minimum atomic E-state index is -3.86. The van der Waals surface area contributed by atoms with Crippen molar-refractivity contribution in [2.24, 2.45) is 0 Å². The molecule has 0 atom stereocenters. The van der Waals surface area contributed by atoms with Crippen LogP contribution in [0.25, 0.3) is 0 Å². The van der Waals surface area contributed by atoms with Crippen molar-refractivity contribution in [2.75, 3.05) is 11.0 Å². The van der Waals surface area contributed by atoms with E-state index in [4.69, 9.17) is 9.47 Å². The zero-order valence-electron chi connectivity index (χ0n) is 14.6. The summed E-state index contributed by atoms with van der Waals surface area (Å²) in [4.78, 5) is 0.0335. The molecule has 1 aliphatic carbocycles. The van der Waals surface area contributed by atoms with Crippen molar-refractivity contribution in [1.82, 2.24) is 0 Å². The second-order valence-corrected chi connectivity index (χ2v) is 10.5. The molecule has 4 rings (SSSR count). The summed E-state index contributed by atoms with van der Waals surface area (Å²) >= 11 is 0. The summed E-state index contributed by atoms with van der Waals surface area (Å²) < 4.78 is 62.5. The number of fused-ring (bicyclic) bond motifs is 1. The van der Waals surface area contributed by atoms with E-state index in [9.17, 15) is 16.8 Å². The Morgan fingerprint density at radius 3 is 2.07 bits per heavy atom. The van der Waals surface area contributed by atoms with Crippen LogP contribution in [0, 0.1) is 0 Å². The van der Waals surface area contributed by atoms with Crippen LogP contribution in [-0.4, -0.2) is 28.9 Å². The van der Waals surface area contributed by atoms with Gasteiger partial charge in [0.15, 0.2) is 21.3 Å². The fourth-order valence-electron chi connectivity index (χ4n) is 3.36. The molecule has 144 valence electrons. The topological polar surface area (TPSA) is 98.8 Å². The maximum absolute atomic E-state index is 12.6. The Bertz CT molecular complexity index is 1090. The van der Waals surface area contributed by atoms with Gasteiger partial charge in [0, 0.05) is 25.2 Å². The number of sulfone groups is 1. The average molecular weight is 409 g/mol. The quantitative estimate of drug-likeness (QED) is 0.834. The van der Waals surface area contributed by atoms with Crippen molar-refractivity contribution < 1.29 is 26.3 Å². The monoisotopic (exact) mass is 409 g/mol. The van der Waals surface area contributed by atoms with E-state index in [0.717, 1.165) is 31.9 Å².